The van der Waals surface area contributed by atoms with Gasteiger partial charge >= 0.3 is 0 Å². The molecule has 1 radical (unpaired) electrons. The molecular formula is C9H18ClO. The molecule has 67 valence electrons. The summed E-state index contributed by atoms with van der Waals surface area (Å²) in [5.74, 6) is 0.792. The molecule has 0 bridgehead atoms. The van der Waals surface area contributed by atoms with Crippen molar-refractivity contribution in [2.24, 2.45) is 0 Å². The maximum Gasteiger partial charge on any atom is 0.0822 e. The van der Waals surface area contributed by atoms with Crippen LogP contribution in [-0.4, -0.2) is 12.5 Å². The lowest BCUT2D eigenvalue weighted by atomic mass is 10.1. The van der Waals surface area contributed by atoms with E-state index in [-0.39, 0.29) is 6.61 Å². The van der Waals surface area contributed by atoms with Crippen molar-refractivity contribution < 1.29 is 5.11 Å². The van der Waals surface area contributed by atoms with E-state index in [4.69, 9.17) is 11.6 Å². The van der Waals surface area contributed by atoms with Crippen molar-refractivity contribution in [3.8, 4) is 0 Å². The molecule has 11 heavy (non-hydrogen) atoms. The largest absolute Gasteiger partial charge is 0.237 e. The predicted molar refractivity (Wildman–Crippen MR) is 48.6 cm³/mol. The quantitative estimate of drug-likeness (QED) is 0.400. The number of hydrogen-bond donors (Lipinski definition) is 0. The van der Waals surface area contributed by atoms with E-state index >= 15 is 0 Å². The van der Waals surface area contributed by atoms with Crippen LogP contribution in [0.15, 0.2) is 0 Å². The van der Waals surface area contributed by atoms with Gasteiger partial charge in [-0.2, -0.15) is 0 Å². The van der Waals surface area contributed by atoms with Gasteiger partial charge < -0.3 is 0 Å². The number of unbranched alkanes of at least 4 members (excludes halogenated alkanes) is 6. The zero-order valence-corrected chi connectivity index (χ0v) is 7.91. The van der Waals surface area contributed by atoms with E-state index in [0.29, 0.717) is 0 Å². The summed E-state index contributed by atoms with van der Waals surface area (Å²) in [7, 11) is 0. The Kier molecular flexibility index (Phi) is 10.5. The van der Waals surface area contributed by atoms with Crippen molar-refractivity contribution in [2.45, 2.75) is 44.9 Å². The van der Waals surface area contributed by atoms with E-state index in [0.717, 1.165) is 25.1 Å². The van der Waals surface area contributed by atoms with Crippen LogP contribution in [0.1, 0.15) is 44.9 Å². The van der Waals surface area contributed by atoms with Crippen molar-refractivity contribution in [1.82, 2.24) is 0 Å². The van der Waals surface area contributed by atoms with Gasteiger partial charge in [-0.05, 0) is 12.8 Å². The van der Waals surface area contributed by atoms with E-state index < -0.39 is 0 Å². The second kappa shape index (κ2) is 10.2. The van der Waals surface area contributed by atoms with Crippen molar-refractivity contribution in [3.63, 3.8) is 0 Å². The van der Waals surface area contributed by atoms with Crippen LogP contribution in [0.2, 0.25) is 0 Å². The maximum absolute atomic E-state index is 10.0. The van der Waals surface area contributed by atoms with Crippen LogP contribution >= 0.6 is 11.6 Å². The summed E-state index contributed by atoms with van der Waals surface area (Å²) >= 11 is 5.52. The fourth-order valence-corrected chi connectivity index (χ4v) is 1.27. The lowest BCUT2D eigenvalue weighted by Crippen LogP contribution is -1.83. The fourth-order valence-electron chi connectivity index (χ4n) is 1.08. The second-order valence-electron chi connectivity index (χ2n) is 2.87. The first-order valence-corrected chi connectivity index (χ1v) is 5.09. The standard InChI is InChI=1S/C9H18ClO/c10-8-6-4-2-1-3-5-7-9-11/h1-9H2. The maximum atomic E-state index is 10.0. The lowest BCUT2D eigenvalue weighted by molar-refractivity contribution is 0.186. The summed E-state index contributed by atoms with van der Waals surface area (Å²) < 4.78 is 0. The number of alkyl halides is 1. The van der Waals surface area contributed by atoms with Crippen LogP contribution in [0.4, 0.5) is 0 Å². The minimum absolute atomic E-state index is 0.0989. The molecule has 0 amide bonds. The van der Waals surface area contributed by atoms with E-state index in [9.17, 15) is 5.11 Å². The third-order valence-electron chi connectivity index (χ3n) is 1.78. The molecule has 0 aromatic rings. The van der Waals surface area contributed by atoms with Crippen molar-refractivity contribution in [2.75, 3.05) is 12.5 Å². The molecule has 0 aromatic carbocycles. The molecule has 0 rings (SSSR count). The molecule has 0 aliphatic heterocycles. The molecule has 0 atom stereocenters. The zero-order chi connectivity index (χ0) is 8.36. The highest BCUT2D eigenvalue weighted by molar-refractivity contribution is 6.17. The minimum atomic E-state index is 0.0989. The number of hydrogen-bond acceptors (Lipinski definition) is 0. The van der Waals surface area contributed by atoms with E-state index in [1.54, 1.807) is 0 Å². The normalized spacial score (nSPS) is 10.4. The van der Waals surface area contributed by atoms with Gasteiger partial charge in [-0.25, -0.2) is 5.11 Å². The van der Waals surface area contributed by atoms with Crippen LogP contribution in [0, 0.1) is 0 Å². The minimum Gasteiger partial charge on any atom is -0.237 e. The van der Waals surface area contributed by atoms with Gasteiger partial charge in [0.2, 0.25) is 0 Å². The van der Waals surface area contributed by atoms with Gasteiger partial charge in [0.15, 0.2) is 0 Å². The van der Waals surface area contributed by atoms with E-state index in [1.807, 2.05) is 0 Å². The van der Waals surface area contributed by atoms with Gasteiger partial charge in [0.25, 0.3) is 0 Å². The first-order chi connectivity index (χ1) is 5.41. The molecule has 0 fully saturated rings. The molecular weight excluding hydrogens is 160 g/mol. The highest BCUT2D eigenvalue weighted by atomic mass is 35.5. The van der Waals surface area contributed by atoms with Gasteiger partial charge in [-0.15, -0.1) is 11.6 Å². The molecule has 0 aliphatic carbocycles. The van der Waals surface area contributed by atoms with Crippen molar-refractivity contribution >= 4 is 11.6 Å². The molecule has 0 N–H and O–H groups in total. The summed E-state index contributed by atoms with van der Waals surface area (Å²) in [6.07, 6.45) is 8.15. The molecule has 0 unspecified atom stereocenters. The summed E-state index contributed by atoms with van der Waals surface area (Å²) in [5.41, 5.74) is 0. The fraction of sp³-hybridized carbons (Fsp3) is 1.00. The number of rotatable bonds is 8. The predicted octanol–water partition coefficient (Wildman–Crippen LogP) is 3.39. The average Bonchev–Trinajstić information content (AvgIpc) is 2.03. The van der Waals surface area contributed by atoms with Crippen LogP contribution in [0.3, 0.4) is 0 Å². The average molecular weight is 178 g/mol. The Morgan fingerprint density at radius 1 is 0.727 bits per heavy atom. The lowest BCUT2D eigenvalue weighted by Gasteiger charge is -1.98. The molecule has 0 aromatic heterocycles. The summed E-state index contributed by atoms with van der Waals surface area (Å²) in [4.78, 5) is 0. The molecule has 2 heteroatoms. The SMILES string of the molecule is [O]CCCCCCCCCCl. The van der Waals surface area contributed by atoms with Crippen LogP contribution in [-0.2, 0) is 5.11 Å². The van der Waals surface area contributed by atoms with Crippen molar-refractivity contribution in [1.29, 1.82) is 0 Å². The van der Waals surface area contributed by atoms with E-state index in [2.05, 4.69) is 0 Å². The Labute approximate surface area is 74.8 Å². The van der Waals surface area contributed by atoms with E-state index in [1.165, 1.54) is 25.7 Å². The highest BCUT2D eigenvalue weighted by Crippen LogP contribution is 2.07. The molecule has 0 aliphatic rings. The smallest absolute Gasteiger partial charge is 0.0822 e. The molecule has 0 spiro atoms. The van der Waals surface area contributed by atoms with Crippen LogP contribution in [0.5, 0.6) is 0 Å². The van der Waals surface area contributed by atoms with Crippen LogP contribution < -0.4 is 0 Å². The monoisotopic (exact) mass is 177 g/mol. The van der Waals surface area contributed by atoms with Crippen LogP contribution in [0.25, 0.3) is 0 Å². The van der Waals surface area contributed by atoms with Gasteiger partial charge in [0, 0.05) is 5.88 Å². The molecule has 0 heterocycles. The molecule has 0 saturated carbocycles. The summed E-state index contributed by atoms with van der Waals surface area (Å²) in [5, 5.41) is 10.0. The van der Waals surface area contributed by atoms with Gasteiger partial charge in [-0.3, -0.25) is 0 Å². The highest BCUT2D eigenvalue weighted by Gasteiger charge is 1.90. The first-order valence-electron chi connectivity index (χ1n) is 4.56. The second-order valence-corrected chi connectivity index (χ2v) is 3.25. The number of halogens is 1. The first kappa shape index (κ1) is 11.2. The Balaban J connectivity index is 2.69. The molecule has 1 nitrogen and oxygen atoms in total. The van der Waals surface area contributed by atoms with Gasteiger partial charge in [0.1, 0.15) is 0 Å². The van der Waals surface area contributed by atoms with Crippen molar-refractivity contribution in [3.05, 3.63) is 0 Å². The third kappa shape index (κ3) is 10.2. The zero-order valence-electron chi connectivity index (χ0n) is 7.15. The Morgan fingerprint density at radius 3 is 1.64 bits per heavy atom. The summed E-state index contributed by atoms with van der Waals surface area (Å²) in [6.45, 7) is 0.0989. The van der Waals surface area contributed by atoms with Gasteiger partial charge in [-0.1, -0.05) is 32.1 Å². The summed E-state index contributed by atoms with van der Waals surface area (Å²) in [6, 6.07) is 0. The Bertz CT molecular complexity index is 58.6. The third-order valence-corrected chi connectivity index (χ3v) is 2.05. The topological polar surface area (TPSA) is 19.9 Å². The van der Waals surface area contributed by atoms with Gasteiger partial charge in [0.05, 0.1) is 6.61 Å². The Hall–Kier alpha value is 0.250. The molecule has 0 saturated heterocycles. The Morgan fingerprint density at radius 2 is 1.18 bits per heavy atom.